The average Bonchev–Trinajstić information content (AvgIpc) is 2.46. The molecular formula is C13H27N3O2S2. The molecule has 2 aliphatic heterocycles. The fourth-order valence-corrected chi connectivity index (χ4v) is 5.94. The van der Waals surface area contributed by atoms with Gasteiger partial charge in [-0.15, -0.1) is 0 Å². The van der Waals surface area contributed by atoms with Gasteiger partial charge in [-0.25, -0.2) is 0 Å². The second kappa shape index (κ2) is 7.45. The van der Waals surface area contributed by atoms with Gasteiger partial charge in [0.2, 0.25) is 0 Å². The van der Waals surface area contributed by atoms with Crippen LogP contribution < -0.4 is 5.32 Å². The van der Waals surface area contributed by atoms with Crippen LogP contribution in [0, 0.1) is 5.92 Å². The van der Waals surface area contributed by atoms with E-state index in [9.17, 15) is 8.42 Å². The van der Waals surface area contributed by atoms with Crippen molar-refractivity contribution < 1.29 is 8.42 Å². The third kappa shape index (κ3) is 3.88. The molecule has 7 heteroatoms. The molecule has 0 saturated carbocycles. The monoisotopic (exact) mass is 321 g/mol. The number of piperidine rings is 1. The molecule has 0 bridgehead atoms. The first kappa shape index (κ1) is 16.5. The van der Waals surface area contributed by atoms with Crippen LogP contribution in [0.2, 0.25) is 0 Å². The van der Waals surface area contributed by atoms with E-state index in [1.54, 1.807) is 8.61 Å². The minimum Gasteiger partial charge on any atom is -0.317 e. The lowest BCUT2D eigenvalue weighted by atomic mass is 9.98. The lowest BCUT2D eigenvalue weighted by Gasteiger charge is -2.38. The topological polar surface area (TPSA) is 52.7 Å². The molecule has 0 amide bonds. The van der Waals surface area contributed by atoms with Gasteiger partial charge in [-0.1, -0.05) is 6.92 Å². The largest absolute Gasteiger partial charge is 0.317 e. The molecule has 2 rings (SSSR count). The van der Waals surface area contributed by atoms with Crippen LogP contribution in [-0.2, 0) is 10.2 Å². The van der Waals surface area contributed by atoms with E-state index in [1.807, 2.05) is 18.7 Å². The molecule has 0 aliphatic carbocycles. The van der Waals surface area contributed by atoms with Crippen molar-refractivity contribution in [3.8, 4) is 0 Å². The highest BCUT2D eigenvalue weighted by Crippen LogP contribution is 2.25. The van der Waals surface area contributed by atoms with E-state index in [0.717, 1.165) is 37.4 Å². The van der Waals surface area contributed by atoms with E-state index in [2.05, 4.69) is 12.2 Å². The first-order valence-electron chi connectivity index (χ1n) is 7.61. The Balaban J connectivity index is 1.91. The molecule has 0 aromatic heterocycles. The zero-order chi connectivity index (χ0) is 14.6. The summed E-state index contributed by atoms with van der Waals surface area (Å²) in [5.41, 5.74) is 0. The molecule has 0 radical (unpaired) electrons. The van der Waals surface area contributed by atoms with Crippen molar-refractivity contribution in [3.63, 3.8) is 0 Å². The normalized spacial score (nSPS) is 27.8. The van der Waals surface area contributed by atoms with Crippen molar-refractivity contribution in [1.82, 2.24) is 13.9 Å². The highest BCUT2D eigenvalue weighted by atomic mass is 32.2. The van der Waals surface area contributed by atoms with Crippen LogP contribution in [0.4, 0.5) is 0 Å². The van der Waals surface area contributed by atoms with Gasteiger partial charge in [-0.05, 0) is 38.8 Å². The lowest BCUT2D eigenvalue weighted by molar-refractivity contribution is 0.243. The number of thioether (sulfide) groups is 1. The van der Waals surface area contributed by atoms with Crippen molar-refractivity contribution >= 4 is 22.0 Å². The summed E-state index contributed by atoms with van der Waals surface area (Å²) in [6, 6.07) is 0.123. The smallest absolute Gasteiger partial charge is 0.282 e. The standard InChI is InChI=1S/C13H27N3O2S2/c1-3-14-10-13-4-6-15(7-5-13)20(17,18)16-8-9-19-11-12(16)2/h12-14H,3-11H2,1-2H3. The Bertz CT molecular complexity index is 394. The Morgan fingerprint density at radius 3 is 2.55 bits per heavy atom. The van der Waals surface area contributed by atoms with E-state index in [1.165, 1.54) is 0 Å². The van der Waals surface area contributed by atoms with Gasteiger partial charge in [0, 0.05) is 37.2 Å². The molecule has 2 saturated heterocycles. The Morgan fingerprint density at radius 1 is 1.25 bits per heavy atom. The minimum atomic E-state index is -3.25. The van der Waals surface area contributed by atoms with Crippen LogP contribution in [0.15, 0.2) is 0 Å². The molecule has 20 heavy (non-hydrogen) atoms. The van der Waals surface area contributed by atoms with Crippen LogP contribution in [0.25, 0.3) is 0 Å². The number of hydrogen-bond donors (Lipinski definition) is 1. The third-order valence-electron chi connectivity index (χ3n) is 4.19. The van der Waals surface area contributed by atoms with E-state index in [-0.39, 0.29) is 6.04 Å². The first-order chi connectivity index (χ1) is 9.55. The van der Waals surface area contributed by atoms with Crippen molar-refractivity contribution in [2.75, 3.05) is 44.2 Å². The highest BCUT2D eigenvalue weighted by molar-refractivity contribution is 7.99. The molecule has 0 spiro atoms. The van der Waals surface area contributed by atoms with Crippen LogP contribution >= 0.6 is 11.8 Å². The fourth-order valence-electron chi connectivity index (χ4n) is 2.90. The van der Waals surface area contributed by atoms with Crippen LogP contribution in [0.5, 0.6) is 0 Å². The molecule has 1 N–H and O–H groups in total. The average molecular weight is 322 g/mol. The summed E-state index contributed by atoms with van der Waals surface area (Å²) >= 11 is 1.85. The predicted molar refractivity (Wildman–Crippen MR) is 85.3 cm³/mol. The number of nitrogens with one attached hydrogen (secondary N) is 1. The minimum absolute atomic E-state index is 0.123. The Morgan fingerprint density at radius 2 is 1.95 bits per heavy atom. The SMILES string of the molecule is CCNCC1CCN(S(=O)(=O)N2CCSCC2C)CC1. The van der Waals surface area contributed by atoms with Crippen molar-refractivity contribution in [3.05, 3.63) is 0 Å². The summed E-state index contributed by atoms with van der Waals surface area (Å²) < 4.78 is 28.8. The molecule has 5 nitrogen and oxygen atoms in total. The van der Waals surface area contributed by atoms with Gasteiger partial charge in [0.1, 0.15) is 0 Å². The van der Waals surface area contributed by atoms with Gasteiger partial charge in [0.25, 0.3) is 10.2 Å². The maximum atomic E-state index is 12.7. The number of hydrogen-bond acceptors (Lipinski definition) is 4. The second-order valence-corrected chi connectivity index (χ2v) is 8.72. The van der Waals surface area contributed by atoms with Crippen LogP contribution in [0.3, 0.4) is 0 Å². The summed E-state index contributed by atoms with van der Waals surface area (Å²) in [6.07, 6.45) is 1.95. The van der Waals surface area contributed by atoms with Gasteiger partial charge < -0.3 is 5.32 Å². The van der Waals surface area contributed by atoms with E-state index in [0.29, 0.717) is 25.6 Å². The van der Waals surface area contributed by atoms with Crippen LogP contribution in [0.1, 0.15) is 26.7 Å². The first-order valence-corrected chi connectivity index (χ1v) is 10.2. The van der Waals surface area contributed by atoms with Gasteiger partial charge in [0.05, 0.1) is 0 Å². The maximum absolute atomic E-state index is 12.7. The molecule has 2 heterocycles. The Labute approximate surface area is 127 Å². The fraction of sp³-hybridized carbons (Fsp3) is 1.00. The Hall–Kier alpha value is 0.180. The Kier molecular flexibility index (Phi) is 6.16. The van der Waals surface area contributed by atoms with Gasteiger partial charge >= 0.3 is 0 Å². The molecule has 2 aliphatic rings. The van der Waals surface area contributed by atoms with Gasteiger partial charge in [-0.2, -0.15) is 28.8 Å². The zero-order valence-electron chi connectivity index (χ0n) is 12.5. The van der Waals surface area contributed by atoms with E-state index < -0.39 is 10.2 Å². The summed E-state index contributed by atoms with van der Waals surface area (Å²) in [7, 11) is -3.25. The maximum Gasteiger partial charge on any atom is 0.282 e. The summed E-state index contributed by atoms with van der Waals surface area (Å²) in [4.78, 5) is 0. The molecular weight excluding hydrogens is 294 g/mol. The number of nitrogens with zero attached hydrogens (tertiary/aromatic N) is 2. The van der Waals surface area contributed by atoms with Gasteiger partial charge in [0.15, 0.2) is 0 Å². The molecule has 1 unspecified atom stereocenters. The predicted octanol–water partition coefficient (Wildman–Crippen LogP) is 0.990. The van der Waals surface area contributed by atoms with Gasteiger partial charge in [-0.3, -0.25) is 0 Å². The summed E-state index contributed by atoms with van der Waals surface area (Å²) in [5, 5.41) is 3.36. The molecule has 0 aromatic carbocycles. The van der Waals surface area contributed by atoms with E-state index >= 15 is 0 Å². The molecule has 2 fully saturated rings. The lowest BCUT2D eigenvalue weighted by Crippen LogP contribution is -2.53. The quantitative estimate of drug-likeness (QED) is 0.820. The summed E-state index contributed by atoms with van der Waals surface area (Å²) in [5.74, 6) is 2.45. The molecule has 1 atom stereocenters. The van der Waals surface area contributed by atoms with E-state index in [4.69, 9.17) is 0 Å². The van der Waals surface area contributed by atoms with Crippen molar-refractivity contribution in [2.45, 2.75) is 32.7 Å². The molecule has 0 aromatic rings. The number of rotatable bonds is 5. The van der Waals surface area contributed by atoms with Crippen LogP contribution in [-0.4, -0.2) is 67.3 Å². The third-order valence-corrected chi connectivity index (χ3v) is 7.53. The van der Waals surface area contributed by atoms with Crippen molar-refractivity contribution in [2.24, 2.45) is 5.92 Å². The summed E-state index contributed by atoms with van der Waals surface area (Å²) in [6.45, 7) is 8.13. The second-order valence-electron chi connectivity index (χ2n) is 5.69. The molecule has 118 valence electrons. The van der Waals surface area contributed by atoms with Crippen molar-refractivity contribution in [1.29, 1.82) is 0 Å². The zero-order valence-corrected chi connectivity index (χ0v) is 14.2. The highest BCUT2D eigenvalue weighted by Gasteiger charge is 2.36.